The zero-order valence-corrected chi connectivity index (χ0v) is 17.9. The van der Waals surface area contributed by atoms with Gasteiger partial charge in [-0.2, -0.15) is 33.5 Å². The number of imidazole rings is 1. The summed E-state index contributed by atoms with van der Waals surface area (Å²) in [5, 5.41) is 11.5. The van der Waals surface area contributed by atoms with Crippen LogP contribution in [0.15, 0.2) is 42.9 Å². The third-order valence-corrected chi connectivity index (χ3v) is 5.62. The lowest BCUT2D eigenvalue weighted by molar-refractivity contribution is 0.0566. The lowest BCUT2D eigenvalue weighted by atomic mass is 10.2. The molecule has 1 aliphatic heterocycles. The normalized spacial score (nSPS) is 14.5. The third-order valence-electron chi connectivity index (χ3n) is 5.62. The Kier molecular flexibility index (Phi) is 5.02. The van der Waals surface area contributed by atoms with Gasteiger partial charge in [-0.05, 0) is 12.1 Å². The Morgan fingerprint density at radius 3 is 2.71 bits per heavy atom. The maximum absolute atomic E-state index is 13.1. The Morgan fingerprint density at radius 1 is 1.06 bits per heavy atom. The summed E-state index contributed by atoms with van der Waals surface area (Å²) in [6.07, 6.45) is 4.23. The molecule has 0 unspecified atom stereocenters. The van der Waals surface area contributed by atoms with Gasteiger partial charge in [0.15, 0.2) is 5.65 Å². The van der Waals surface area contributed by atoms with Gasteiger partial charge in [0.2, 0.25) is 11.9 Å². The maximum Gasteiger partial charge on any atom is 0.333 e. The van der Waals surface area contributed by atoms with Crippen LogP contribution < -0.4 is 10.2 Å². The smallest absolute Gasteiger partial charge is 0.333 e. The molecular formula is C21H20F2N10O. The van der Waals surface area contributed by atoms with Crippen molar-refractivity contribution in [3.8, 4) is 11.1 Å². The number of nitrogens with zero attached hydrogens (tertiary/aromatic N) is 8. The summed E-state index contributed by atoms with van der Waals surface area (Å²) in [6, 6.07) is 7.78. The molecule has 1 aliphatic rings. The van der Waals surface area contributed by atoms with Crippen LogP contribution in [0.4, 0.5) is 20.7 Å². The Labute approximate surface area is 191 Å². The van der Waals surface area contributed by atoms with Crippen LogP contribution in [0.2, 0.25) is 0 Å². The summed E-state index contributed by atoms with van der Waals surface area (Å²) >= 11 is 0. The first-order valence-corrected chi connectivity index (χ1v) is 10.7. The van der Waals surface area contributed by atoms with E-state index in [0.29, 0.717) is 66.2 Å². The SMILES string of the molecule is FC(F)n1cc(-c2cnn3c(NCc4nc5ccccc5[nH]4)nc(N4CCOCC4)nc23)cn1. The lowest BCUT2D eigenvalue weighted by Crippen LogP contribution is -2.37. The number of ether oxygens (including phenoxy) is 1. The lowest BCUT2D eigenvalue weighted by Gasteiger charge is -2.27. The van der Waals surface area contributed by atoms with Crippen LogP contribution in [0.3, 0.4) is 0 Å². The highest BCUT2D eigenvalue weighted by atomic mass is 19.3. The van der Waals surface area contributed by atoms with Gasteiger partial charge in [-0.15, -0.1) is 0 Å². The van der Waals surface area contributed by atoms with E-state index in [2.05, 4.69) is 25.5 Å². The van der Waals surface area contributed by atoms with E-state index < -0.39 is 6.55 Å². The van der Waals surface area contributed by atoms with Crippen LogP contribution in [0.25, 0.3) is 27.8 Å². The predicted octanol–water partition coefficient (Wildman–Crippen LogP) is 2.71. The fraction of sp³-hybridized carbons (Fsp3) is 0.286. The van der Waals surface area contributed by atoms with Crippen LogP contribution in [0.1, 0.15) is 12.4 Å². The number of morpholine rings is 1. The molecule has 2 N–H and O–H groups in total. The standard InChI is InChI=1S/C21H20F2N10O/c22-19(23)32-12-13(9-25-32)14-10-26-33-18(14)29-21(31-5-7-34-8-6-31)30-20(33)24-11-17-27-15-3-1-2-4-16(15)28-17/h1-4,9-10,12,19H,5-8,11H2,(H,27,28)(H,24,29,30). The molecule has 6 rings (SSSR count). The first-order valence-electron chi connectivity index (χ1n) is 10.7. The van der Waals surface area contributed by atoms with Gasteiger partial charge >= 0.3 is 6.55 Å². The summed E-state index contributed by atoms with van der Waals surface area (Å²) in [5.41, 5.74) is 3.37. The predicted molar refractivity (Wildman–Crippen MR) is 120 cm³/mol. The van der Waals surface area contributed by atoms with Crippen molar-refractivity contribution in [2.45, 2.75) is 13.1 Å². The van der Waals surface area contributed by atoms with Gasteiger partial charge in [-0.3, -0.25) is 0 Å². The highest BCUT2D eigenvalue weighted by Gasteiger charge is 2.21. The average Bonchev–Trinajstić information content (AvgIpc) is 3.60. The molecule has 13 heteroatoms. The molecule has 1 fully saturated rings. The van der Waals surface area contributed by atoms with Crippen molar-refractivity contribution in [3.05, 3.63) is 48.7 Å². The van der Waals surface area contributed by atoms with Crippen molar-refractivity contribution in [2.75, 3.05) is 36.5 Å². The first kappa shape index (κ1) is 20.5. The largest absolute Gasteiger partial charge is 0.378 e. The molecule has 0 atom stereocenters. The second-order valence-corrected chi connectivity index (χ2v) is 7.78. The molecule has 0 spiro atoms. The van der Waals surface area contributed by atoms with Crippen molar-refractivity contribution in [2.24, 2.45) is 0 Å². The van der Waals surface area contributed by atoms with Gasteiger partial charge in [0, 0.05) is 30.4 Å². The van der Waals surface area contributed by atoms with Crippen molar-refractivity contribution in [1.29, 1.82) is 0 Å². The van der Waals surface area contributed by atoms with Gasteiger partial charge in [-0.1, -0.05) is 12.1 Å². The molecule has 0 aliphatic carbocycles. The van der Waals surface area contributed by atoms with Gasteiger partial charge in [0.25, 0.3) is 0 Å². The second-order valence-electron chi connectivity index (χ2n) is 7.78. The number of rotatable bonds is 6. The fourth-order valence-electron chi connectivity index (χ4n) is 3.93. The van der Waals surface area contributed by atoms with E-state index >= 15 is 0 Å². The van der Waals surface area contributed by atoms with E-state index in [-0.39, 0.29) is 0 Å². The Balaban J connectivity index is 1.39. The molecule has 0 saturated carbocycles. The number of aromatic nitrogens is 8. The quantitative estimate of drug-likeness (QED) is 0.393. The second kappa shape index (κ2) is 8.33. The monoisotopic (exact) mass is 466 g/mol. The average molecular weight is 466 g/mol. The zero-order chi connectivity index (χ0) is 23.1. The highest BCUT2D eigenvalue weighted by molar-refractivity contribution is 5.78. The molecule has 11 nitrogen and oxygen atoms in total. The molecule has 5 heterocycles. The molecule has 4 aromatic heterocycles. The van der Waals surface area contributed by atoms with Crippen molar-refractivity contribution in [3.63, 3.8) is 0 Å². The van der Waals surface area contributed by atoms with Crippen molar-refractivity contribution in [1.82, 2.24) is 39.3 Å². The van der Waals surface area contributed by atoms with E-state index in [4.69, 9.17) is 14.7 Å². The molecular weight excluding hydrogens is 446 g/mol. The summed E-state index contributed by atoms with van der Waals surface area (Å²) in [5.74, 6) is 1.71. The highest BCUT2D eigenvalue weighted by Crippen LogP contribution is 2.27. The number of anilines is 2. The van der Waals surface area contributed by atoms with Crippen molar-refractivity contribution >= 4 is 28.6 Å². The van der Waals surface area contributed by atoms with E-state index in [9.17, 15) is 8.78 Å². The number of halogens is 2. The number of aromatic amines is 1. The summed E-state index contributed by atoms with van der Waals surface area (Å²) in [7, 11) is 0. The van der Waals surface area contributed by atoms with Gasteiger partial charge in [-0.25, -0.2) is 9.67 Å². The Bertz CT molecular complexity index is 1420. The molecule has 5 aromatic rings. The van der Waals surface area contributed by atoms with E-state index in [1.807, 2.05) is 29.2 Å². The number of para-hydroxylation sites is 2. The number of benzene rings is 1. The number of fused-ring (bicyclic) bond motifs is 2. The van der Waals surface area contributed by atoms with E-state index in [0.717, 1.165) is 16.9 Å². The van der Waals surface area contributed by atoms with Gasteiger partial charge in [0.05, 0.1) is 43.2 Å². The maximum atomic E-state index is 13.1. The van der Waals surface area contributed by atoms with Crippen LogP contribution in [0.5, 0.6) is 0 Å². The van der Waals surface area contributed by atoms with Gasteiger partial charge < -0.3 is 19.9 Å². The van der Waals surface area contributed by atoms with Crippen LogP contribution in [0, 0.1) is 0 Å². The summed E-state index contributed by atoms with van der Waals surface area (Å²) < 4.78 is 33.7. The zero-order valence-electron chi connectivity index (χ0n) is 17.9. The number of H-pyrrole nitrogens is 1. The Morgan fingerprint density at radius 2 is 1.91 bits per heavy atom. The molecule has 0 amide bonds. The Hall–Kier alpha value is -4.13. The first-order chi connectivity index (χ1) is 16.7. The molecule has 34 heavy (non-hydrogen) atoms. The molecule has 0 radical (unpaired) electrons. The van der Waals surface area contributed by atoms with Gasteiger partial charge in [0.1, 0.15) is 5.82 Å². The minimum absolute atomic E-state index is 0.377. The van der Waals surface area contributed by atoms with E-state index in [1.165, 1.54) is 12.4 Å². The number of alkyl halides is 2. The number of nitrogens with one attached hydrogen (secondary N) is 2. The summed E-state index contributed by atoms with van der Waals surface area (Å²) in [4.78, 5) is 19.3. The van der Waals surface area contributed by atoms with Crippen molar-refractivity contribution < 1.29 is 13.5 Å². The number of hydrogen-bond donors (Lipinski definition) is 2. The summed E-state index contributed by atoms with van der Waals surface area (Å²) in [6.45, 7) is 0.0857. The van der Waals surface area contributed by atoms with Crippen LogP contribution >= 0.6 is 0 Å². The minimum Gasteiger partial charge on any atom is -0.378 e. The molecule has 174 valence electrons. The minimum atomic E-state index is -2.73. The van der Waals surface area contributed by atoms with Crippen LogP contribution in [-0.4, -0.2) is 65.6 Å². The molecule has 0 bridgehead atoms. The molecule has 1 aromatic carbocycles. The third kappa shape index (κ3) is 3.69. The fourth-order valence-corrected chi connectivity index (χ4v) is 3.93. The van der Waals surface area contributed by atoms with Crippen LogP contribution in [-0.2, 0) is 11.3 Å². The molecule has 1 saturated heterocycles. The topological polar surface area (TPSA) is 114 Å². The number of hydrogen-bond acceptors (Lipinski definition) is 8. The van der Waals surface area contributed by atoms with E-state index in [1.54, 1.807) is 10.7 Å².